The molecule has 0 aromatic heterocycles. The second kappa shape index (κ2) is 4.82. The zero-order chi connectivity index (χ0) is 16.3. The predicted molar refractivity (Wildman–Crippen MR) is 87.0 cm³/mol. The summed E-state index contributed by atoms with van der Waals surface area (Å²) in [5.74, 6) is -0.00550. The number of carbonyl (C=O) groups is 2. The van der Waals surface area contributed by atoms with E-state index in [2.05, 4.69) is 26.0 Å². The Kier molecular flexibility index (Phi) is 2.98. The number of methoxy groups -OCH3 is 1. The fourth-order valence-electron chi connectivity index (χ4n) is 4.48. The van der Waals surface area contributed by atoms with E-state index in [1.54, 1.807) is 19.2 Å². The van der Waals surface area contributed by atoms with Crippen LogP contribution < -0.4 is 9.64 Å². The Morgan fingerprint density at radius 3 is 2.09 bits per heavy atom. The molecule has 1 aromatic rings. The summed E-state index contributed by atoms with van der Waals surface area (Å²) in [5, 5.41) is 0. The van der Waals surface area contributed by atoms with E-state index < -0.39 is 0 Å². The minimum Gasteiger partial charge on any atom is -0.495 e. The third-order valence-corrected chi connectivity index (χ3v) is 5.32. The number of nitrogens with zero attached hydrogens (tertiary/aromatic N) is 1. The highest BCUT2D eigenvalue weighted by atomic mass is 16.5. The van der Waals surface area contributed by atoms with Gasteiger partial charge < -0.3 is 4.74 Å². The Morgan fingerprint density at radius 1 is 1.00 bits per heavy atom. The smallest absolute Gasteiger partial charge is 0.238 e. The van der Waals surface area contributed by atoms with E-state index in [-0.39, 0.29) is 35.5 Å². The van der Waals surface area contributed by atoms with Crippen molar-refractivity contribution in [1.29, 1.82) is 0 Å². The summed E-state index contributed by atoms with van der Waals surface area (Å²) in [6.45, 7) is 4.13. The summed E-state index contributed by atoms with van der Waals surface area (Å²) < 4.78 is 5.33. The summed E-state index contributed by atoms with van der Waals surface area (Å²) in [6, 6.07) is 7.20. The molecule has 0 spiro atoms. The van der Waals surface area contributed by atoms with Gasteiger partial charge in [0.25, 0.3) is 0 Å². The fourth-order valence-corrected chi connectivity index (χ4v) is 4.48. The Balaban J connectivity index is 1.79. The van der Waals surface area contributed by atoms with Gasteiger partial charge in [-0.05, 0) is 26.0 Å². The molecule has 0 unspecified atom stereocenters. The fraction of sp³-hybridized carbons (Fsp3) is 0.368. The summed E-state index contributed by atoms with van der Waals surface area (Å²) >= 11 is 0. The maximum atomic E-state index is 13.0. The number of amides is 2. The van der Waals surface area contributed by atoms with Crippen molar-refractivity contribution in [1.82, 2.24) is 0 Å². The molecular formula is C19H19NO3. The van der Waals surface area contributed by atoms with Gasteiger partial charge >= 0.3 is 0 Å². The molecule has 118 valence electrons. The number of hydrogen-bond donors (Lipinski definition) is 0. The maximum absolute atomic E-state index is 13.0. The van der Waals surface area contributed by atoms with Crippen molar-refractivity contribution in [2.75, 3.05) is 12.0 Å². The lowest BCUT2D eigenvalue weighted by Crippen LogP contribution is -2.33. The Labute approximate surface area is 135 Å². The summed E-state index contributed by atoms with van der Waals surface area (Å²) in [5.41, 5.74) is 3.04. The molecule has 0 radical (unpaired) electrons. The number of rotatable bonds is 2. The highest BCUT2D eigenvalue weighted by Gasteiger charge is 2.62. The molecule has 23 heavy (non-hydrogen) atoms. The molecule has 4 rings (SSSR count). The largest absolute Gasteiger partial charge is 0.495 e. The van der Waals surface area contributed by atoms with Crippen molar-refractivity contribution in [2.24, 2.45) is 23.7 Å². The molecule has 1 saturated carbocycles. The minimum absolute atomic E-state index is 0.0751. The van der Waals surface area contributed by atoms with E-state index in [0.29, 0.717) is 11.4 Å². The predicted octanol–water partition coefficient (Wildman–Crippen LogP) is 2.95. The van der Waals surface area contributed by atoms with Crippen LogP contribution in [-0.2, 0) is 9.59 Å². The van der Waals surface area contributed by atoms with Crippen LogP contribution in [0.1, 0.15) is 13.8 Å². The number of imide groups is 1. The maximum Gasteiger partial charge on any atom is 0.238 e. The van der Waals surface area contributed by atoms with Gasteiger partial charge in [0.2, 0.25) is 11.8 Å². The van der Waals surface area contributed by atoms with Gasteiger partial charge in [-0.25, -0.2) is 4.90 Å². The molecule has 1 heterocycles. The van der Waals surface area contributed by atoms with E-state index in [0.717, 1.165) is 0 Å². The lowest BCUT2D eigenvalue weighted by atomic mass is 9.85. The van der Waals surface area contributed by atoms with Gasteiger partial charge in [-0.15, -0.1) is 0 Å². The van der Waals surface area contributed by atoms with Crippen LogP contribution in [0.15, 0.2) is 47.6 Å². The van der Waals surface area contributed by atoms with Gasteiger partial charge in [-0.2, -0.15) is 0 Å². The molecule has 2 bridgehead atoms. The lowest BCUT2D eigenvalue weighted by molar-refractivity contribution is -0.123. The highest BCUT2D eigenvalue weighted by molar-refractivity contribution is 6.23. The van der Waals surface area contributed by atoms with E-state index in [4.69, 9.17) is 4.74 Å². The number of benzene rings is 1. The highest BCUT2D eigenvalue weighted by Crippen LogP contribution is 2.57. The number of carbonyl (C=O) groups excluding carboxylic acids is 2. The zero-order valence-electron chi connectivity index (χ0n) is 13.4. The van der Waals surface area contributed by atoms with Crippen molar-refractivity contribution in [3.63, 3.8) is 0 Å². The van der Waals surface area contributed by atoms with E-state index in [9.17, 15) is 9.59 Å². The van der Waals surface area contributed by atoms with Crippen LogP contribution in [-0.4, -0.2) is 18.9 Å². The normalized spacial score (nSPS) is 31.1. The topological polar surface area (TPSA) is 46.6 Å². The van der Waals surface area contributed by atoms with E-state index in [1.807, 2.05) is 12.1 Å². The molecule has 0 N–H and O–H groups in total. The molecule has 1 saturated heterocycles. The van der Waals surface area contributed by atoms with Gasteiger partial charge in [-0.3, -0.25) is 9.59 Å². The van der Waals surface area contributed by atoms with E-state index in [1.165, 1.54) is 16.0 Å². The van der Waals surface area contributed by atoms with Crippen molar-refractivity contribution in [2.45, 2.75) is 13.8 Å². The van der Waals surface area contributed by atoms with Crippen LogP contribution in [0.3, 0.4) is 0 Å². The molecule has 1 aliphatic heterocycles. The van der Waals surface area contributed by atoms with Crippen LogP contribution >= 0.6 is 0 Å². The van der Waals surface area contributed by atoms with Crippen LogP contribution in [0.2, 0.25) is 0 Å². The second-order valence-electron chi connectivity index (χ2n) is 6.63. The molecular weight excluding hydrogens is 290 g/mol. The van der Waals surface area contributed by atoms with Crippen LogP contribution in [0, 0.1) is 23.7 Å². The Bertz CT molecular complexity index is 739. The lowest BCUT2D eigenvalue weighted by Gasteiger charge is -2.21. The van der Waals surface area contributed by atoms with Gasteiger partial charge in [-0.1, -0.05) is 35.4 Å². The monoisotopic (exact) mass is 309 g/mol. The first-order valence-corrected chi connectivity index (χ1v) is 7.92. The third kappa shape index (κ3) is 1.72. The van der Waals surface area contributed by atoms with Crippen molar-refractivity contribution >= 4 is 17.5 Å². The summed E-state index contributed by atoms with van der Waals surface area (Å²) in [7, 11) is 1.55. The molecule has 4 nitrogen and oxygen atoms in total. The number of ether oxygens (including phenoxy) is 1. The van der Waals surface area contributed by atoms with Gasteiger partial charge in [0.1, 0.15) is 5.75 Å². The van der Waals surface area contributed by atoms with Gasteiger partial charge in [0, 0.05) is 11.8 Å². The summed E-state index contributed by atoms with van der Waals surface area (Å²) in [4.78, 5) is 27.4. The van der Waals surface area contributed by atoms with Crippen LogP contribution in [0.4, 0.5) is 5.69 Å². The molecule has 2 amide bonds. The Hall–Kier alpha value is -2.36. The Morgan fingerprint density at radius 2 is 1.57 bits per heavy atom. The molecule has 2 fully saturated rings. The minimum atomic E-state index is -0.257. The third-order valence-electron chi connectivity index (χ3n) is 5.32. The molecule has 3 aliphatic rings. The standard InChI is InChI=1S/C19H19NO3/c1-10(2)15-11-8-9-12(15)17-16(11)18(21)20(19(17)22)13-6-4-5-7-14(13)23-3/h4-9,11-12,16-17H,1-3H3/t11-,12+,16-,17-/m0/s1. The first kappa shape index (κ1) is 14.2. The average Bonchev–Trinajstić information content (AvgIpc) is 3.18. The second-order valence-corrected chi connectivity index (χ2v) is 6.63. The number of anilines is 1. The number of fused-ring (bicyclic) bond motifs is 5. The van der Waals surface area contributed by atoms with Crippen LogP contribution in [0.5, 0.6) is 5.75 Å². The van der Waals surface area contributed by atoms with Crippen molar-refractivity contribution < 1.29 is 14.3 Å². The number of hydrogen-bond acceptors (Lipinski definition) is 3. The molecule has 4 heteroatoms. The zero-order valence-corrected chi connectivity index (χ0v) is 13.4. The van der Waals surface area contributed by atoms with Gasteiger partial charge in [0.05, 0.1) is 24.6 Å². The average molecular weight is 309 g/mol. The van der Waals surface area contributed by atoms with Crippen molar-refractivity contribution in [3.8, 4) is 5.75 Å². The molecule has 4 atom stereocenters. The molecule has 1 aromatic carbocycles. The summed E-state index contributed by atoms with van der Waals surface area (Å²) in [6.07, 6.45) is 4.20. The SMILES string of the molecule is COc1ccccc1N1C(=O)[C@@H]2[C@@H](C1=O)[C@H]1C=C[C@@H]2C1=C(C)C. The van der Waals surface area contributed by atoms with E-state index >= 15 is 0 Å². The molecule has 2 aliphatic carbocycles. The number of para-hydroxylation sites is 2. The quantitative estimate of drug-likeness (QED) is 0.623. The first-order chi connectivity index (χ1) is 11.1. The van der Waals surface area contributed by atoms with Crippen molar-refractivity contribution in [3.05, 3.63) is 47.6 Å². The van der Waals surface area contributed by atoms with Crippen LogP contribution in [0.25, 0.3) is 0 Å². The first-order valence-electron chi connectivity index (χ1n) is 7.92. The van der Waals surface area contributed by atoms with Gasteiger partial charge in [0.15, 0.2) is 0 Å². The number of allylic oxidation sites excluding steroid dienone is 4.